The fourth-order valence-corrected chi connectivity index (χ4v) is 3.28. The van der Waals surface area contributed by atoms with Crippen molar-refractivity contribution in [2.24, 2.45) is 5.73 Å². The van der Waals surface area contributed by atoms with E-state index in [1.807, 2.05) is 23.5 Å². The molecule has 0 aliphatic carbocycles. The van der Waals surface area contributed by atoms with Gasteiger partial charge in [0.1, 0.15) is 11.6 Å². The quantitative estimate of drug-likeness (QED) is 0.369. The molecule has 2 amide bonds. The standard InChI is InChI=1S/C23H21FN6O2/c1-3-10-32-14(2)12-26-21-22-27-13-20(15-4-7-17(8-5-15)28-23(25)31)30(22)19-11-16(24)6-9-18(19)29-21/h3-11,13H,2,12H2,1H3,(H,26,29)(H3,25,28,31)/b10-3-. The van der Waals surface area contributed by atoms with Gasteiger partial charge in [-0.15, -0.1) is 0 Å². The lowest BCUT2D eigenvalue weighted by molar-refractivity contribution is 0.259. The van der Waals surface area contributed by atoms with Gasteiger partial charge in [-0.05, 0) is 31.2 Å². The zero-order valence-corrected chi connectivity index (χ0v) is 17.3. The van der Waals surface area contributed by atoms with Gasteiger partial charge in [-0.1, -0.05) is 24.8 Å². The summed E-state index contributed by atoms with van der Waals surface area (Å²) in [4.78, 5) is 20.2. The van der Waals surface area contributed by atoms with E-state index in [4.69, 9.17) is 10.5 Å². The molecule has 0 atom stereocenters. The second-order valence-corrected chi connectivity index (χ2v) is 6.94. The van der Waals surface area contributed by atoms with E-state index in [1.165, 1.54) is 12.1 Å². The van der Waals surface area contributed by atoms with E-state index in [9.17, 15) is 9.18 Å². The molecule has 0 saturated heterocycles. The third kappa shape index (κ3) is 4.22. The average Bonchev–Trinajstić information content (AvgIpc) is 3.22. The number of nitrogens with two attached hydrogens (primary N) is 1. The summed E-state index contributed by atoms with van der Waals surface area (Å²) in [6.45, 7) is 6.02. The summed E-state index contributed by atoms with van der Waals surface area (Å²) in [5.41, 5.74) is 8.97. The van der Waals surface area contributed by atoms with Crippen molar-refractivity contribution in [3.63, 3.8) is 0 Å². The summed E-state index contributed by atoms with van der Waals surface area (Å²) in [5, 5.41) is 5.71. The van der Waals surface area contributed by atoms with E-state index in [0.29, 0.717) is 40.5 Å². The lowest BCUT2D eigenvalue weighted by Gasteiger charge is -2.12. The summed E-state index contributed by atoms with van der Waals surface area (Å²) in [5.74, 6) is 0.634. The van der Waals surface area contributed by atoms with E-state index in [2.05, 4.69) is 27.2 Å². The van der Waals surface area contributed by atoms with Crippen LogP contribution in [0.4, 0.5) is 20.7 Å². The Morgan fingerprint density at radius 2 is 2.06 bits per heavy atom. The molecule has 0 saturated carbocycles. The molecular formula is C23H21FN6O2. The number of imidazole rings is 1. The topological polar surface area (TPSA) is 107 Å². The van der Waals surface area contributed by atoms with E-state index < -0.39 is 6.03 Å². The van der Waals surface area contributed by atoms with Crippen LogP contribution in [0.2, 0.25) is 0 Å². The minimum Gasteiger partial charge on any atom is -0.468 e. The molecule has 9 heteroatoms. The van der Waals surface area contributed by atoms with Crippen molar-refractivity contribution in [3.8, 4) is 11.3 Å². The molecule has 4 aromatic rings. The number of hydrogen-bond donors (Lipinski definition) is 3. The molecule has 2 aromatic carbocycles. The van der Waals surface area contributed by atoms with Crippen molar-refractivity contribution >= 4 is 34.2 Å². The van der Waals surface area contributed by atoms with Gasteiger partial charge < -0.3 is 21.1 Å². The van der Waals surface area contributed by atoms with Gasteiger partial charge in [-0.2, -0.15) is 0 Å². The molecule has 4 rings (SSSR count). The number of halogens is 1. The first-order valence-electron chi connectivity index (χ1n) is 9.79. The summed E-state index contributed by atoms with van der Waals surface area (Å²) < 4.78 is 21.3. The Bertz CT molecular complexity index is 1340. The molecule has 0 unspecified atom stereocenters. The Morgan fingerprint density at radius 1 is 1.28 bits per heavy atom. The molecule has 2 heterocycles. The van der Waals surface area contributed by atoms with Crippen molar-refractivity contribution in [3.05, 3.63) is 79.2 Å². The molecule has 0 spiro atoms. The monoisotopic (exact) mass is 432 g/mol. The van der Waals surface area contributed by atoms with Crippen molar-refractivity contribution < 1.29 is 13.9 Å². The first-order valence-corrected chi connectivity index (χ1v) is 9.79. The summed E-state index contributed by atoms with van der Waals surface area (Å²) in [7, 11) is 0. The van der Waals surface area contributed by atoms with E-state index in [1.54, 1.807) is 36.7 Å². The Morgan fingerprint density at radius 3 is 2.78 bits per heavy atom. The number of carbonyl (C=O) groups is 1. The number of carbonyl (C=O) groups excluding carboxylic acids is 1. The van der Waals surface area contributed by atoms with Gasteiger partial charge in [0.2, 0.25) is 0 Å². The lowest BCUT2D eigenvalue weighted by Crippen LogP contribution is -2.19. The van der Waals surface area contributed by atoms with Gasteiger partial charge in [-0.25, -0.2) is 19.2 Å². The highest BCUT2D eigenvalue weighted by Crippen LogP contribution is 2.29. The number of fused-ring (bicyclic) bond motifs is 3. The summed E-state index contributed by atoms with van der Waals surface area (Å²) in [6, 6.07) is 10.8. The summed E-state index contributed by atoms with van der Waals surface area (Å²) in [6.07, 6.45) is 4.99. The number of aromatic nitrogens is 3. The maximum atomic E-state index is 14.1. The average molecular weight is 432 g/mol. The second kappa shape index (κ2) is 8.76. The fourth-order valence-electron chi connectivity index (χ4n) is 3.28. The van der Waals surface area contributed by atoms with Crippen LogP contribution in [0.3, 0.4) is 0 Å². The number of rotatable bonds is 7. The minimum atomic E-state index is -0.643. The van der Waals surface area contributed by atoms with Crippen molar-refractivity contribution in [2.45, 2.75) is 6.92 Å². The molecule has 8 nitrogen and oxygen atoms in total. The lowest BCUT2D eigenvalue weighted by atomic mass is 10.1. The molecule has 4 N–H and O–H groups in total. The van der Waals surface area contributed by atoms with Crippen molar-refractivity contribution in [1.82, 2.24) is 14.4 Å². The Hall–Kier alpha value is -4.40. The van der Waals surface area contributed by atoms with Gasteiger partial charge in [0, 0.05) is 17.3 Å². The molecule has 0 aliphatic heterocycles. The van der Waals surface area contributed by atoms with Crippen LogP contribution in [0.5, 0.6) is 0 Å². The minimum absolute atomic E-state index is 0.315. The predicted octanol–water partition coefficient (Wildman–Crippen LogP) is 4.66. The van der Waals surface area contributed by atoms with Gasteiger partial charge in [0.25, 0.3) is 0 Å². The second-order valence-electron chi connectivity index (χ2n) is 6.94. The number of nitrogens with zero attached hydrogens (tertiary/aromatic N) is 3. The highest BCUT2D eigenvalue weighted by atomic mass is 19.1. The Balaban J connectivity index is 1.80. The van der Waals surface area contributed by atoms with Crippen molar-refractivity contribution in [2.75, 3.05) is 17.2 Å². The maximum Gasteiger partial charge on any atom is 0.316 e. The number of hydrogen-bond acceptors (Lipinski definition) is 5. The number of amides is 2. The molecule has 0 fully saturated rings. The number of allylic oxidation sites excluding steroid dienone is 1. The molecule has 0 radical (unpaired) electrons. The summed E-state index contributed by atoms with van der Waals surface area (Å²) >= 11 is 0. The van der Waals surface area contributed by atoms with E-state index in [0.717, 1.165) is 11.3 Å². The van der Waals surface area contributed by atoms with E-state index >= 15 is 0 Å². The van der Waals surface area contributed by atoms with Gasteiger partial charge >= 0.3 is 6.03 Å². The highest BCUT2D eigenvalue weighted by Gasteiger charge is 2.16. The van der Waals surface area contributed by atoms with Crippen LogP contribution in [0, 0.1) is 5.82 Å². The van der Waals surface area contributed by atoms with Crippen LogP contribution in [0.1, 0.15) is 6.92 Å². The van der Waals surface area contributed by atoms with Crippen LogP contribution >= 0.6 is 0 Å². The van der Waals surface area contributed by atoms with Crippen LogP contribution in [-0.2, 0) is 4.74 Å². The van der Waals surface area contributed by atoms with Crippen LogP contribution in [0.15, 0.2) is 73.3 Å². The first-order chi connectivity index (χ1) is 15.5. The van der Waals surface area contributed by atoms with Gasteiger partial charge in [0.05, 0.1) is 35.7 Å². The maximum absolute atomic E-state index is 14.1. The van der Waals surface area contributed by atoms with Gasteiger partial charge in [0.15, 0.2) is 11.5 Å². The zero-order valence-electron chi connectivity index (χ0n) is 17.3. The number of nitrogens with one attached hydrogen (secondary N) is 2. The molecule has 0 aliphatic rings. The molecule has 0 bridgehead atoms. The van der Waals surface area contributed by atoms with Gasteiger partial charge in [-0.3, -0.25) is 4.40 Å². The third-order valence-corrected chi connectivity index (χ3v) is 4.66. The first kappa shape index (κ1) is 20.9. The number of ether oxygens (including phenoxy) is 1. The Kier molecular flexibility index (Phi) is 5.71. The molecule has 2 aromatic heterocycles. The normalized spacial score (nSPS) is 11.2. The van der Waals surface area contributed by atoms with Crippen LogP contribution in [0.25, 0.3) is 27.9 Å². The molecule has 162 valence electrons. The molecular weight excluding hydrogens is 411 g/mol. The molecule has 32 heavy (non-hydrogen) atoms. The van der Waals surface area contributed by atoms with Crippen LogP contribution in [-0.4, -0.2) is 26.9 Å². The smallest absolute Gasteiger partial charge is 0.316 e. The van der Waals surface area contributed by atoms with Crippen molar-refractivity contribution in [1.29, 1.82) is 0 Å². The number of benzene rings is 2. The Labute approximate surface area is 183 Å². The highest BCUT2D eigenvalue weighted by molar-refractivity contribution is 5.89. The number of primary amides is 1. The van der Waals surface area contributed by atoms with E-state index in [-0.39, 0.29) is 5.82 Å². The number of urea groups is 1. The number of anilines is 2. The van der Waals surface area contributed by atoms with Crippen LogP contribution < -0.4 is 16.4 Å². The fraction of sp³-hybridized carbons (Fsp3) is 0.0870. The third-order valence-electron chi connectivity index (χ3n) is 4.66. The zero-order chi connectivity index (χ0) is 22.7. The largest absolute Gasteiger partial charge is 0.468 e. The predicted molar refractivity (Wildman–Crippen MR) is 123 cm³/mol. The SMILES string of the molecule is C=C(CNc1nc2ccc(F)cc2n2c(-c3ccc(NC(N)=O)cc3)cnc12)O/C=C\C.